The minimum atomic E-state index is -0.132. The zero-order chi connectivity index (χ0) is 9.40. The molecule has 0 aliphatic heterocycles. The van der Waals surface area contributed by atoms with Gasteiger partial charge in [0.2, 0.25) is 5.91 Å². The van der Waals surface area contributed by atoms with Crippen molar-refractivity contribution in [2.24, 2.45) is 11.7 Å². The Bertz CT molecular complexity index is 174. The number of unbranched alkanes of at least 4 members (excludes halogenated alkanes) is 1. The van der Waals surface area contributed by atoms with Gasteiger partial charge in [-0.1, -0.05) is 6.92 Å². The van der Waals surface area contributed by atoms with Crippen LogP contribution in [0.1, 0.15) is 19.8 Å². The molecular formula is C8H15N3O. The average molecular weight is 169 g/mol. The molecule has 0 aliphatic carbocycles. The molecule has 0 heterocycles. The summed E-state index contributed by atoms with van der Waals surface area (Å²) in [5.74, 6) is -0.164. The largest absolute Gasteiger partial charge is 0.356 e. The van der Waals surface area contributed by atoms with Gasteiger partial charge in [0.15, 0.2) is 0 Å². The fourth-order valence-corrected chi connectivity index (χ4v) is 0.660. The molecule has 4 heteroatoms. The van der Waals surface area contributed by atoms with Crippen molar-refractivity contribution >= 4 is 5.91 Å². The predicted octanol–water partition coefficient (Wildman–Crippen LogP) is 0.00118. The Balaban J connectivity index is 3.39. The Labute approximate surface area is 72.7 Å². The van der Waals surface area contributed by atoms with Crippen LogP contribution in [0.15, 0.2) is 0 Å². The van der Waals surface area contributed by atoms with Gasteiger partial charge >= 0.3 is 0 Å². The van der Waals surface area contributed by atoms with Gasteiger partial charge in [-0.15, -0.1) is 0 Å². The molecule has 0 saturated carbocycles. The van der Waals surface area contributed by atoms with Gasteiger partial charge in [0.25, 0.3) is 0 Å². The van der Waals surface area contributed by atoms with E-state index in [0.29, 0.717) is 25.9 Å². The average Bonchev–Trinajstić information content (AvgIpc) is 2.10. The number of nitrogens with one attached hydrogen (secondary N) is 1. The molecule has 1 atom stereocenters. The quantitative estimate of drug-likeness (QED) is 0.568. The summed E-state index contributed by atoms with van der Waals surface area (Å²) in [5.41, 5.74) is 5.29. The molecule has 0 aromatic carbocycles. The Morgan fingerprint density at radius 3 is 2.92 bits per heavy atom. The molecule has 1 amide bonds. The SMILES string of the molecule is CC(CN)C(=O)NCCCC#N. The third-order valence-corrected chi connectivity index (χ3v) is 1.57. The van der Waals surface area contributed by atoms with Gasteiger partial charge in [0.05, 0.1) is 6.07 Å². The maximum Gasteiger partial charge on any atom is 0.224 e. The van der Waals surface area contributed by atoms with Gasteiger partial charge in [-0.3, -0.25) is 4.79 Å². The molecule has 68 valence electrons. The van der Waals surface area contributed by atoms with Crippen molar-refractivity contribution in [1.82, 2.24) is 5.32 Å². The molecule has 3 N–H and O–H groups in total. The number of nitrogens with two attached hydrogens (primary N) is 1. The molecule has 0 fully saturated rings. The zero-order valence-electron chi connectivity index (χ0n) is 7.34. The van der Waals surface area contributed by atoms with Crippen LogP contribution in [0.4, 0.5) is 0 Å². The number of nitrogens with zero attached hydrogens (tertiary/aromatic N) is 1. The van der Waals surface area contributed by atoms with E-state index in [1.165, 1.54) is 0 Å². The van der Waals surface area contributed by atoms with Crippen LogP contribution in [-0.4, -0.2) is 19.0 Å². The van der Waals surface area contributed by atoms with E-state index in [4.69, 9.17) is 11.0 Å². The fraction of sp³-hybridized carbons (Fsp3) is 0.750. The Morgan fingerprint density at radius 2 is 2.42 bits per heavy atom. The van der Waals surface area contributed by atoms with Crippen LogP contribution in [0.5, 0.6) is 0 Å². The lowest BCUT2D eigenvalue weighted by atomic mass is 10.1. The van der Waals surface area contributed by atoms with Gasteiger partial charge in [-0.2, -0.15) is 5.26 Å². The van der Waals surface area contributed by atoms with Gasteiger partial charge < -0.3 is 11.1 Å². The summed E-state index contributed by atoms with van der Waals surface area (Å²) in [6.07, 6.45) is 1.19. The standard InChI is InChI=1S/C8H15N3O/c1-7(6-10)8(12)11-5-3-2-4-9/h7H,2-3,5-6,10H2,1H3,(H,11,12). The third-order valence-electron chi connectivity index (χ3n) is 1.57. The second-order valence-corrected chi connectivity index (χ2v) is 2.69. The minimum Gasteiger partial charge on any atom is -0.356 e. The Hall–Kier alpha value is -1.08. The highest BCUT2D eigenvalue weighted by molar-refractivity contribution is 5.78. The van der Waals surface area contributed by atoms with Gasteiger partial charge in [0, 0.05) is 25.4 Å². The van der Waals surface area contributed by atoms with Crippen molar-refractivity contribution in [2.75, 3.05) is 13.1 Å². The summed E-state index contributed by atoms with van der Waals surface area (Å²) in [4.78, 5) is 11.1. The molecule has 4 nitrogen and oxygen atoms in total. The summed E-state index contributed by atoms with van der Waals surface area (Å²) >= 11 is 0. The summed E-state index contributed by atoms with van der Waals surface area (Å²) < 4.78 is 0. The van der Waals surface area contributed by atoms with E-state index >= 15 is 0 Å². The molecule has 0 radical (unpaired) electrons. The lowest BCUT2D eigenvalue weighted by Crippen LogP contribution is -2.33. The maximum atomic E-state index is 11.1. The highest BCUT2D eigenvalue weighted by atomic mass is 16.1. The number of hydrogen-bond donors (Lipinski definition) is 2. The molecule has 0 bridgehead atoms. The van der Waals surface area contributed by atoms with Crippen molar-refractivity contribution in [3.63, 3.8) is 0 Å². The molecule has 0 aliphatic rings. The van der Waals surface area contributed by atoms with E-state index in [-0.39, 0.29) is 11.8 Å². The number of nitriles is 1. The molecule has 0 rings (SSSR count). The summed E-state index contributed by atoms with van der Waals surface area (Å²) in [6.45, 7) is 2.71. The van der Waals surface area contributed by atoms with Crippen LogP contribution in [0.3, 0.4) is 0 Å². The first-order valence-corrected chi connectivity index (χ1v) is 4.07. The first-order valence-electron chi connectivity index (χ1n) is 4.07. The van der Waals surface area contributed by atoms with Gasteiger partial charge in [-0.05, 0) is 6.42 Å². The van der Waals surface area contributed by atoms with Crippen LogP contribution in [0, 0.1) is 17.2 Å². The molecular weight excluding hydrogens is 154 g/mol. The molecule has 1 unspecified atom stereocenters. The number of carbonyl (C=O) groups excluding carboxylic acids is 1. The van der Waals surface area contributed by atoms with Gasteiger partial charge in [0.1, 0.15) is 0 Å². The second-order valence-electron chi connectivity index (χ2n) is 2.69. The number of amides is 1. The van der Waals surface area contributed by atoms with Crippen molar-refractivity contribution in [2.45, 2.75) is 19.8 Å². The van der Waals surface area contributed by atoms with Crippen molar-refractivity contribution < 1.29 is 4.79 Å². The van der Waals surface area contributed by atoms with Crippen molar-refractivity contribution in [3.05, 3.63) is 0 Å². The van der Waals surface area contributed by atoms with Crippen LogP contribution < -0.4 is 11.1 Å². The van der Waals surface area contributed by atoms with E-state index in [0.717, 1.165) is 0 Å². The van der Waals surface area contributed by atoms with E-state index in [2.05, 4.69) is 5.32 Å². The predicted molar refractivity (Wildman–Crippen MR) is 46.1 cm³/mol. The van der Waals surface area contributed by atoms with Crippen LogP contribution in [0.2, 0.25) is 0 Å². The number of rotatable bonds is 5. The number of carbonyl (C=O) groups is 1. The summed E-state index contributed by atoms with van der Waals surface area (Å²) in [5, 5.41) is 10.9. The molecule has 0 spiro atoms. The van der Waals surface area contributed by atoms with Crippen LogP contribution >= 0.6 is 0 Å². The second kappa shape index (κ2) is 6.62. The lowest BCUT2D eigenvalue weighted by molar-refractivity contribution is -0.124. The van der Waals surface area contributed by atoms with E-state index in [1.807, 2.05) is 6.07 Å². The molecule has 0 aromatic heterocycles. The summed E-state index contributed by atoms with van der Waals surface area (Å²) in [6, 6.07) is 2.01. The van der Waals surface area contributed by atoms with Crippen molar-refractivity contribution in [3.8, 4) is 6.07 Å². The topological polar surface area (TPSA) is 78.9 Å². The molecule has 0 saturated heterocycles. The lowest BCUT2D eigenvalue weighted by Gasteiger charge is -2.08. The highest BCUT2D eigenvalue weighted by Crippen LogP contribution is 1.91. The highest BCUT2D eigenvalue weighted by Gasteiger charge is 2.08. The summed E-state index contributed by atoms with van der Waals surface area (Å²) in [7, 11) is 0. The number of hydrogen-bond acceptors (Lipinski definition) is 3. The monoisotopic (exact) mass is 169 g/mol. The normalized spacial score (nSPS) is 11.8. The third kappa shape index (κ3) is 4.69. The maximum absolute atomic E-state index is 11.1. The Kier molecular flexibility index (Phi) is 6.02. The van der Waals surface area contributed by atoms with E-state index < -0.39 is 0 Å². The fourth-order valence-electron chi connectivity index (χ4n) is 0.660. The molecule has 12 heavy (non-hydrogen) atoms. The van der Waals surface area contributed by atoms with Crippen molar-refractivity contribution in [1.29, 1.82) is 5.26 Å². The first-order chi connectivity index (χ1) is 5.72. The zero-order valence-corrected chi connectivity index (χ0v) is 7.34. The van der Waals surface area contributed by atoms with E-state index in [1.54, 1.807) is 6.92 Å². The molecule has 0 aromatic rings. The smallest absolute Gasteiger partial charge is 0.224 e. The first kappa shape index (κ1) is 10.9. The Morgan fingerprint density at radius 1 is 1.75 bits per heavy atom. The van der Waals surface area contributed by atoms with Gasteiger partial charge in [-0.25, -0.2) is 0 Å². The minimum absolute atomic E-state index is 0.0320. The van der Waals surface area contributed by atoms with Crippen LogP contribution in [0.25, 0.3) is 0 Å². The van der Waals surface area contributed by atoms with Crippen LogP contribution in [-0.2, 0) is 4.79 Å². The van der Waals surface area contributed by atoms with E-state index in [9.17, 15) is 4.79 Å².